The number of piperidine rings is 1. The summed E-state index contributed by atoms with van der Waals surface area (Å²) in [6.07, 6.45) is 0.482. The first-order valence-corrected chi connectivity index (χ1v) is 3.30. The van der Waals surface area contributed by atoms with Crippen LogP contribution >= 0.6 is 0 Å². The second kappa shape index (κ2) is 2.64. The maximum Gasteiger partial charge on any atom is 0.0693 e. The molecule has 3 heteroatoms. The fourth-order valence-electron chi connectivity index (χ4n) is 1.29. The number of rotatable bonds is 0. The Kier molecular flexibility index (Phi) is 2.05. The van der Waals surface area contributed by atoms with Gasteiger partial charge in [0.05, 0.1) is 6.10 Å². The second-order valence-electron chi connectivity index (χ2n) is 2.87. The number of aliphatic hydroxyl groups excluding tert-OH is 1. The third kappa shape index (κ3) is 1.93. The molecule has 1 aliphatic heterocycles. The summed E-state index contributed by atoms with van der Waals surface area (Å²) in [5.41, 5.74) is 0. The highest BCUT2D eigenvalue weighted by Crippen LogP contribution is 2.13. The Hall–Kier alpha value is -0.120. The van der Waals surface area contributed by atoms with E-state index in [1.54, 1.807) is 0 Å². The van der Waals surface area contributed by atoms with Crippen molar-refractivity contribution in [2.45, 2.75) is 19.4 Å². The summed E-state index contributed by atoms with van der Waals surface area (Å²) in [4.78, 5) is 0. The van der Waals surface area contributed by atoms with Gasteiger partial charge < -0.3 is 10.3 Å². The van der Waals surface area contributed by atoms with Crippen molar-refractivity contribution in [2.24, 2.45) is 5.92 Å². The van der Waals surface area contributed by atoms with Gasteiger partial charge in [-0.2, -0.15) is 5.06 Å². The summed E-state index contributed by atoms with van der Waals surface area (Å²) in [5.74, 6) is 0.416. The highest BCUT2D eigenvalue weighted by Gasteiger charge is 2.20. The molecule has 0 amide bonds. The summed E-state index contributed by atoms with van der Waals surface area (Å²) in [7, 11) is 0. The van der Waals surface area contributed by atoms with E-state index in [-0.39, 0.29) is 6.10 Å². The van der Waals surface area contributed by atoms with Crippen LogP contribution < -0.4 is 0 Å². The number of hydrogen-bond acceptors (Lipinski definition) is 3. The SMILES string of the molecule is C[C@@H]1C[C@@H](O)CN(O)C1. The van der Waals surface area contributed by atoms with Crippen LogP contribution in [0.1, 0.15) is 13.3 Å². The van der Waals surface area contributed by atoms with Crippen LogP contribution in [-0.4, -0.2) is 34.6 Å². The van der Waals surface area contributed by atoms with E-state index < -0.39 is 0 Å². The Morgan fingerprint density at radius 2 is 2.11 bits per heavy atom. The Morgan fingerprint density at radius 3 is 2.56 bits per heavy atom. The maximum absolute atomic E-state index is 9.05. The van der Waals surface area contributed by atoms with Gasteiger partial charge in [-0.05, 0) is 12.3 Å². The predicted octanol–water partition coefficient (Wildman–Crippen LogP) is 0.0783. The van der Waals surface area contributed by atoms with Gasteiger partial charge in [-0.15, -0.1) is 0 Å². The lowest BCUT2D eigenvalue weighted by Gasteiger charge is -2.29. The lowest BCUT2D eigenvalue weighted by Crippen LogP contribution is -2.40. The van der Waals surface area contributed by atoms with Gasteiger partial charge in [0.2, 0.25) is 0 Å². The Labute approximate surface area is 54.9 Å². The molecule has 0 radical (unpaired) electrons. The van der Waals surface area contributed by atoms with E-state index in [1.807, 2.05) is 6.92 Å². The number of aliphatic hydroxyl groups is 1. The van der Waals surface area contributed by atoms with Gasteiger partial charge in [-0.25, -0.2) is 0 Å². The lowest BCUT2D eigenvalue weighted by atomic mass is 10.00. The first kappa shape index (κ1) is 6.99. The zero-order chi connectivity index (χ0) is 6.85. The van der Waals surface area contributed by atoms with Crippen LogP contribution in [0, 0.1) is 5.92 Å². The van der Waals surface area contributed by atoms with Crippen LogP contribution in [0.3, 0.4) is 0 Å². The number of hydrogen-bond donors (Lipinski definition) is 2. The number of nitrogens with zero attached hydrogens (tertiary/aromatic N) is 1. The molecular weight excluding hydrogens is 118 g/mol. The first-order chi connectivity index (χ1) is 4.18. The fraction of sp³-hybridized carbons (Fsp3) is 1.00. The number of hydroxylamine groups is 2. The van der Waals surface area contributed by atoms with E-state index in [1.165, 1.54) is 5.06 Å². The molecule has 9 heavy (non-hydrogen) atoms. The zero-order valence-corrected chi connectivity index (χ0v) is 5.62. The van der Waals surface area contributed by atoms with Crippen molar-refractivity contribution in [3.8, 4) is 0 Å². The minimum atomic E-state index is -0.334. The largest absolute Gasteiger partial charge is 0.392 e. The van der Waals surface area contributed by atoms with Crippen LogP contribution in [-0.2, 0) is 0 Å². The average molecular weight is 131 g/mol. The van der Waals surface area contributed by atoms with E-state index in [4.69, 9.17) is 10.3 Å². The van der Waals surface area contributed by atoms with Crippen molar-refractivity contribution in [3.63, 3.8) is 0 Å². The fourth-order valence-corrected chi connectivity index (χ4v) is 1.29. The summed E-state index contributed by atoms with van der Waals surface area (Å²) >= 11 is 0. The van der Waals surface area contributed by atoms with Crippen molar-refractivity contribution < 1.29 is 10.3 Å². The zero-order valence-electron chi connectivity index (χ0n) is 5.62. The van der Waals surface area contributed by atoms with Crippen molar-refractivity contribution in [3.05, 3.63) is 0 Å². The van der Waals surface area contributed by atoms with E-state index >= 15 is 0 Å². The van der Waals surface area contributed by atoms with E-state index in [2.05, 4.69) is 0 Å². The Morgan fingerprint density at radius 1 is 1.44 bits per heavy atom. The van der Waals surface area contributed by atoms with E-state index in [9.17, 15) is 0 Å². The summed E-state index contributed by atoms with van der Waals surface area (Å²) in [5, 5.41) is 19.2. The topological polar surface area (TPSA) is 43.7 Å². The molecule has 1 saturated heterocycles. The quantitative estimate of drug-likeness (QED) is 0.489. The van der Waals surface area contributed by atoms with E-state index in [0.29, 0.717) is 19.0 Å². The molecule has 1 rings (SSSR count). The number of β-amino-alcohol motifs (C(OH)–C–C–N with tert-alkyl or cyclic N) is 1. The normalized spacial score (nSPS) is 39.0. The van der Waals surface area contributed by atoms with Crippen molar-refractivity contribution >= 4 is 0 Å². The molecule has 2 N–H and O–H groups in total. The molecule has 0 aliphatic carbocycles. The summed E-state index contributed by atoms with van der Waals surface area (Å²) < 4.78 is 0. The monoisotopic (exact) mass is 131 g/mol. The van der Waals surface area contributed by atoms with Gasteiger partial charge in [0.1, 0.15) is 0 Å². The standard InChI is InChI=1S/C6H13NO2/c1-5-2-6(8)4-7(9)3-5/h5-6,8-9H,2-4H2,1H3/t5-,6-/m1/s1. The Bertz CT molecular complexity index is 72.0. The molecule has 1 aliphatic rings. The van der Waals surface area contributed by atoms with Crippen LogP contribution in [0.4, 0.5) is 0 Å². The molecule has 0 unspecified atom stereocenters. The minimum absolute atomic E-state index is 0.334. The smallest absolute Gasteiger partial charge is 0.0693 e. The van der Waals surface area contributed by atoms with Crippen LogP contribution in [0.15, 0.2) is 0 Å². The molecule has 1 fully saturated rings. The van der Waals surface area contributed by atoms with Gasteiger partial charge in [0.15, 0.2) is 0 Å². The van der Waals surface area contributed by atoms with Crippen molar-refractivity contribution in [2.75, 3.05) is 13.1 Å². The maximum atomic E-state index is 9.05. The molecular formula is C6H13NO2. The van der Waals surface area contributed by atoms with Gasteiger partial charge in [-0.1, -0.05) is 6.92 Å². The molecule has 1 heterocycles. The van der Waals surface area contributed by atoms with Crippen molar-refractivity contribution in [1.82, 2.24) is 5.06 Å². The summed E-state index contributed by atoms with van der Waals surface area (Å²) in [6, 6.07) is 0. The third-order valence-corrected chi connectivity index (χ3v) is 1.62. The molecule has 3 nitrogen and oxygen atoms in total. The molecule has 2 atom stereocenters. The van der Waals surface area contributed by atoms with Crippen LogP contribution in [0.25, 0.3) is 0 Å². The summed E-state index contributed by atoms with van der Waals surface area (Å²) in [6.45, 7) is 3.12. The molecule has 0 aromatic rings. The van der Waals surface area contributed by atoms with Gasteiger partial charge in [-0.3, -0.25) is 0 Å². The van der Waals surface area contributed by atoms with Gasteiger partial charge >= 0.3 is 0 Å². The van der Waals surface area contributed by atoms with Crippen LogP contribution in [0.2, 0.25) is 0 Å². The lowest BCUT2D eigenvalue weighted by molar-refractivity contribution is -0.145. The molecule has 0 spiro atoms. The first-order valence-electron chi connectivity index (χ1n) is 3.30. The predicted molar refractivity (Wildman–Crippen MR) is 33.1 cm³/mol. The molecule has 0 aromatic heterocycles. The minimum Gasteiger partial charge on any atom is -0.392 e. The molecule has 54 valence electrons. The average Bonchev–Trinajstić information content (AvgIpc) is 1.59. The Balaban J connectivity index is 2.34. The third-order valence-electron chi connectivity index (χ3n) is 1.62. The van der Waals surface area contributed by atoms with Gasteiger partial charge in [0.25, 0.3) is 0 Å². The second-order valence-corrected chi connectivity index (χ2v) is 2.87. The highest BCUT2D eigenvalue weighted by molar-refractivity contribution is 4.70. The van der Waals surface area contributed by atoms with Gasteiger partial charge in [0, 0.05) is 13.1 Å². The van der Waals surface area contributed by atoms with Crippen LogP contribution in [0.5, 0.6) is 0 Å². The highest BCUT2D eigenvalue weighted by atomic mass is 16.5. The van der Waals surface area contributed by atoms with E-state index in [0.717, 1.165) is 6.42 Å². The molecule has 0 saturated carbocycles. The molecule has 0 bridgehead atoms. The molecule has 0 aromatic carbocycles. The van der Waals surface area contributed by atoms with Crippen molar-refractivity contribution in [1.29, 1.82) is 0 Å².